The number of ether oxygens (including phenoxy) is 1. The zero-order chi connectivity index (χ0) is 13.1. The fraction of sp³-hybridized carbons (Fsp3) is 0.333. The Balaban J connectivity index is 2.37. The van der Waals surface area contributed by atoms with Crippen molar-refractivity contribution in [1.29, 1.82) is 0 Å². The highest BCUT2D eigenvalue weighted by molar-refractivity contribution is 7.05. The minimum Gasteiger partial charge on any atom is -0.495 e. The van der Waals surface area contributed by atoms with Crippen molar-refractivity contribution in [3.05, 3.63) is 39.4 Å². The number of aromatic nitrogens is 2. The molecule has 1 heterocycles. The summed E-state index contributed by atoms with van der Waals surface area (Å²) in [5.74, 6) is 0.545. The minimum absolute atomic E-state index is 0.520. The number of aliphatic hydroxyl groups excluding tert-OH is 1. The molecule has 1 atom stereocenters. The van der Waals surface area contributed by atoms with E-state index < -0.39 is 6.10 Å². The van der Waals surface area contributed by atoms with Crippen molar-refractivity contribution in [2.24, 2.45) is 0 Å². The lowest BCUT2D eigenvalue weighted by Gasteiger charge is -2.12. The Kier molecular flexibility index (Phi) is 4.16. The van der Waals surface area contributed by atoms with E-state index in [0.29, 0.717) is 10.8 Å². The molecule has 0 saturated carbocycles. The van der Waals surface area contributed by atoms with E-state index in [2.05, 4.69) is 9.59 Å². The number of aryl methyl sites for hydroxylation is 1. The van der Waals surface area contributed by atoms with Crippen molar-refractivity contribution in [1.82, 2.24) is 9.59 Å². The molecule has 1 aromatic carbocycles. The highest BCUT2D eigenvalue weighted by atomic mass is 35.5. The number of methoxy groups -OCH3 is 1. The van der Waals surface area contributed by atoms with Crippen LogP contribution in [0.1, 0.15) is 29.2 Å². The standard InChI is InChI=1S/C12H13ClN2O2S/c1-3-9-12(18-15-14-9)11(16)7-4-5-8(13)10(6-7)17-2/h4-6,11,16H,3H2,1-2H3. The molecular formula is C12H13ClN2O2S. The van der Waals surface area contributed by atoms with Crippen LogP contribution >= 0.6 is 23.1 Å². The minimum atomic E-state index is -0.744. The number of rotatable bonds is 4. The molecule has 6 heteroatoms. The maximum Gasteiger partial charge on any atom is 0.137 e. The second-order valence-electron chi connectivity index (χ2n) is 3.73. The predicted molar refractivity (Wildman–Crippen MR) is 71.4 cm³/mol. The van der Waals surface area contributed by atoms with Gasteiger partial charge >= 0.3 is 0 Å². The molecule has 1 aromatic heterocycles. The molecule has 0 radical (unpaired) electrons. The molecule has 0 aliphatic carbocycles. The molecule has 2 aromatic rings. The molecule has 1 N–H and O–H groups in total. The lowest BCUT2D eigenvalue weighted by molar-refractivity contribution is 0.222. The first kappa shape index (κ1) is 13.3. The van der Waals surface area contributed by atoms with Gasteiger partial charge in [-0.3, -0.25) is 0 Å². The first-order chi connectivity index (χ1) is 8.67. The smallest absolute Gasteiger partial charge is 0.137 e. The van der Waals surface area contributed by atoms with Gasteiger partial charge in [0.15, 0.2) is 0 Å². The number of hydrogen-bond acceptors (Lipinski definition) is 5. The van der Waals surface area contributed by atoms with E-state index in [1.54, 1.807) is 25.3 Å². The van der Waals surface area contributed by atoms with E-state index in [1.807, 2.05) is 6.92 Å². The Labute approximate surface area is 114 Å². The van der Waals surface area contributed by atoms with Gasteiger partial charge in [0.2, 0.25) is 0 Å². The summed E-state index contributed by atoms with van der Waals surface area (Å²) >= 11 is 7.17. The molecule has 96 valence electrons. The summed E-state index contributed by atoms with van der Waals surface area (Å²) in [6.07, 6.45) is -0.000668. The van der Waals surface area contributed by atoms with Crippen LogP contribution in [0.15, 0.2) is 18.2 Å². The van der Waals surface area contributed by atoms with E-state index in [4.69, 9.17) is 16.3 Å². The van der Waals surface area contributed by atoms with Gasteiger partial charge in [-0.2, -0.15) is 0 Å². The number of aliphatic hydroxyl groups is 1. The molecule has 0 aliphatic rings. The molecule has 4 nitrogen and oxygen atoms in total. The molecular weight excluding hydrogens is 272 g/mol. The molecule has 0 spiro atoms. The third-order valence-corrected chi connectivity index (χ3v) is 3.79. The predicted octanol–water partition coefficient (Wildman–Crippen LogP) is 2.84. The molecule has 1 unspecified atom stereocenters. The molecule has 0 aliphatic heterocycles. The van der Waals surface area contributed by atoms with Gasteiger partial charge in [-0.05, 0) is 35.6 Å². The normalized spacial score (nSPS) is 12.4. The lowest BCUT2D eigenvalue weighted by Crippen LogP contribution is -2.01. The summed E-state index contributed by atoms with van der Waals surface area (Å²) in [6, 6.07) is 5.21. The fourth-order valence-corrected chi connectivity index (χ4v) is 2.61. The Hall–Kier alpha value is -1.17. The summed E-state index contributed by atoms with van der Waals surface area (Å²) in [6.45, 7) is 1.98. The van der Waals surface area contributed by atoms with Gasteiger partial charge in [0.05, 0.1) is 22.7 Å². The Bertz CT molecular complexity index is 545. The second-order valence-corrected chi connectivity index (χ2v) is 4.93. The number of halogens is 1. The van der Waals surface area contributed by atoms with Gasteiger partial charge < -0.3 is 9.84 Å². The third-order valence-electron chi connectivity index (χ3n) is 2.66. The molecule has 0 fully saturated rings. The van der Waals surface area contributed by atoms with Crippen LogP contribution in [0.3, 0.4) is 0 Å². The van der Waals surface area contributed by atoms with Crippen LogP contribution in [-0.2, 0) is 6.42 Å². The van der Waals surface area contributed by atoms with Crippen molar-refractivity contribution in [2.45, 2.75) is 19.4 Å². The van der Waals surface area contributed by atoms with Gasteiger partial charge in [-0.25, -0.2) is 0 Å². The van der Waals surface area contributed by atoms with Crippen LogP contribution in [0, 0.1) is 0 Å². The van der Waals surface area contributed by atoms with Crippen molar-refractivity contribution in [3.63, 3.8) is 0 Å². The summed E-state index contributed by atoms with van der Waals surface area (Å²) < 4.78 is 9.01. The molecule has 0 amide bonds. The monoisotopic (exact) mass is 284 g/mol. The van der Waals surface area contributed by atoms with Crippen LogP contribution in [0.5, 0.6) is 5.75 Å². The number of benzene rings is 1. The van der Waals surface area contributed by atoms with Gasteiger partial charge in [-0.15, -0.1) is 5.10 Å². The fourth-order valence-electron chi connectivity index (χ4n) is 1.67. The highest BCUT2D eigenvalue weighted by Gasteiger charge is 2.18. The zero-order valence-corrected chi connectivity index (χ0v) is 11.6. The van der Waals surface area contributed by atoms with Gasteiger partial charge in [0, 0.05) is 0 Å². The van der Waals surface area contributed by atoms with E-state index in [9.17, 15) is 5.11 Å². The summed E-state index contributed by atoms with van der Waals surface area (Å²) in [7, 11) is 1.54. The Morgan fingerprint density at radius 2 is 2.28 bits per heavy atom. The van der Waals surface area contributed by atoms with Crippen LogP contribution in [-0.4, -0.2) is 21.8 Å². The average Bonchev–Trinajstić information content (AvgIpc) is 2.86. The molecule has 18 heavy (non-hydrogen) atoms. The van der Waals surface area contributed by atoms with Gasteiger partial charge in [-0.1, -0.05) is 29.1 Å². The van der Waals surface area contributed by atoms with Gasteiger partial charge in [0.25, 0.3) is 0 Å². The van der Waals surface area contributed by atoms with Crippen LogP contribution < -0.4 is 4.74 Å². The number of hydrogen-bond donors (Lipinski definition) is 1. The topological polar surface area (TPSA) is 55.2 Å². The van der Waals surface area contributed by atoms with E-state index in [0.717, 1.165) is 22.6 Å². The van der Waals surface area contributed by atoms with Crippen LogP contribution in [0.4, 0.5) is 0 Å². The molecule has 0 saturated heterocycles. The summed E-state index contributed by atoms with van der Waals surface area (Å²) in [5.41, 5.74) is 1.54. The van der Waals surface area contributed by atoms with E-state index in [-0.39, 0.29) is 0 Å². The van der Waals surface area contributed by atoms with Gasteiger partial charge in [0.1, 0.15) is 11.9 Å². The maximum atomic E-state index is 10.3. The van der Waals surface area contributed by atoms with Crippen molar-refractivity contribution < 1.29 is 9.84 Å². The third kappa shape index (κ3) is 2.48. The Morgan fingerprint density at radius 1 is 1.50 bits per heavy atom. The SMILES string of the molecule is CCc1nnsc1C(O)c1ccc(Cl)c(OC)c1. The summed E-state index contributed by atoms with van der Waals surface area (Å²) in [4.78, 5) is 0.766. The van der Waals surface area contributed by atoms with Crippen molar-refractivity contribution in [3.8, 4) is 5.75 Å². The van der Waals surface area contributed by atoms with E-state index >= 15 is 0 Å². The lowest BCUT2D eigenvalue weighted by atomic mass is 10.1. The quantitative estimate of drug-likeness (QED) is 0.938. The summed E-state index contributed by atoms with van der Waals surface area (Å²) in [5, 5.41) is 14.8. The largest absolute Gasteiger partial charge is 0.495 e. The second kappa shape index (κ2) is 5.65. The average molecular weight is 285 g/mol. The molecule has 0 bridgehead atoms. The first-order valence-corrected chi connectivity index (χ1v) is 6.65. The van der Waals surface area contributed by atoms with Crippen LogP contribution in [0.2, 0.25) is 5.02 Å². The first-order valence-electron chi connectivity index (χ1n) is 5.50. The highest BCUT2D eigenvalue weighted by Crippen LogP contribution is 2.32. The van der Waals surface area contributed by atoms with Crippen molar-refractivity contribution in [2.75, 3.05) is 7.11 Å². The zero-order valence-electron chi connectivity index (χ0n) is 10.1. The molecule has 2 rings (SSSR count). The van der Waals surface area contributed by atoms with Crippen molar-refractivity contribution >= 4 is 23.1 Å². The maximum absolute atomic E-state index is 10.3. The van der Waals surface area contributed by atoms with E-state index in [1.165, 1.54) is 11.5 Å². The van der Waals surface area contributed by atoms with Crippen LogP contribution in [0.25, 0.3) is 0 Å². The Morgan fingerprint density at radius 3 is 2.94 bits per heavy atom. The number of nitrogens with zero attached hydrogens (tertiary/aromatic N) is 2.